The summed E-state index contributed by atoms with van der Waals surface area (Å²) in [7, 11) is 0. The number of nitriles is 2. The van der Waals surface area contributed by atoms with Crippen LogP contribution in [0.1, 0.15) is 22.3 Å². The SMILES string of the molecule is Cc1cc(/C=C/C#N)cc(C)c1-c1cccc2c(N)nc(Nc3ccc(C#N)cn3)cc12. The maximum atomic E-state index is 8.96. The Hall–Kier alpha value is -4.68. The van der Waals surface area contributed by atoms with Crippen molar-refractivity contribution in [3.05, 3.63) is 83.1 Å². The molecule has 0 bridgehead atoms. The third-order valence-electron chi connectivity index (χ3n) is 5.23. The Balaban J connectivity index is 1.83. The number of nitrogen functional groups attached to an aromatic ring is 1. The summed E-state index contributed by atoms with van der Waals surface area (Å²) in [5.74, 6) is 1.57. The number of hydrogen-bond acceptors (Lipinski definition) is 6. The first kappa shape index (κ1) is 20.6. The minimum atomic E-state index is 0.421. The molecule has 2 aromatic carbocycles. The van der Waals surface area contributed by atoms with Crippen LogP contribution in [0.2, 0.25) is 0 Å². The van der Waals surface area contributed by atoms with Gasteiger partial charge in [0.25, 0.3) is 0 Å². The molecule has 154 valence electrons. The first-order chi connectivity index (χ1) is 15.5. The third kappa shape index (κ3) is 3.98. The Morgan fingerprint density at radius 3 is 2.41 bits per heavy atom. The summed E-state index contributed by atoms with van der Waals surface area (Å²) in [5.41, 5.74) is 12.2. The molecule has 6 nitrogen and oxygen atoms in total. The molecule has 2 aromatic heterocycles. The van der Waals surface area contributed by atoms with Gasteiger partial charge in [-0.05, 0) is 71.3 Å². The van der Waals surface area contributed by atoms with E-state index in [-0.39, 0.29) is 0 Å². The number of hydrogen-bond donors (Lipinski definition) is 2. The number of allylic oxidation sites excluding steroid dienone is 1. The van der Waals surface area contributed by atoms with Crippen LogP contribution >= 0.6 is 0 Å². The molecule has 0 saturated heterocycles. The number of nitrogens with zero attached hydrogens (tertiary/aromatic N) is 4. The summed E-state index contributed by atoms with van der Waals surface area (Å²) >= 11 is 0. The van der Waals surface area contributed by atoms with Gasteiger partial charge >= 0.3 is 0 Å². The van der Waals surface area contributed by atoms with Crippen molar-refractivity contribution in [1.82, 2.24) is 9.97 Å². The van der Waals surface area contributed by atoms with Gasteiger partial charge in [0.05, 0.1) is 11.6 Å². The fraction of sp³-hybridized carbons (Fsp3) is 0.0769. The zero-order valence-corrected chi connectivity index (χ0v) is 17.7. The van der Waals surface area contributed by atoms with Crippen molar-refractivity contribution in [2.24, 2.45) is 0 Å². The zero-order chi connectivity index (χ0) is 22.7. The fourth-order valence-electron chi connectivity index (χ4n) is 3.90. The number of nitrogens with one attached hydrogen (secondary N) is 1. The van der Waals surface area contributed by atoms with E-state index in [2.05, 4.69) is 53.4 Å². The zero-order valence-electron chi connectivity index (χ0n) is 17.7. The predicted octanol–water partition coefficient (Wildman–Crippen LogP) is 5.65. The van der Waals surface area contributed by atoms with E-state index in [9.17, 15) is 0 Å². The summed E-state index contributed by atoms with van der Waals surface area (Å²) in [6, 6.07) is 19.6. The predicted molar refractivity (Wildman–Crippen MR) is 128 cm³/mol. The number of aryl methyl sites for hydroxylation is 2. The van der Waals surface area contributed by atoms with Crippen LogP contribution in [0, 0.1) is 36.5 Å². The van der Waals surface area contributed by atoms with Gasteiger partial charge in [-0.2, -0.15) is 10.5 Å². The molecule has 0 fully saturated rings. The van der Waals surface area contributed by atoms with E-state index in [0.29, 0.717) is 23.0 Å². The van der Waals surface area contributed by atoms with Crippen LogP contribution in [-0.4, -0.2) is 9.97 Å². The van der Waals surface area contributed by atoms with E-state index in [1.54, 1.807) is 18.2 Å². The lowest BCUT2D eigenvalue weighted by Crippen LogP contribution is -2.01. The van der Waals surface area contributed by atoms with Crippen LogP contribution in [0.3, 0.4) is 0 Å². The molecule has 0 aliphatic heterocycles. The molecule has 4 rings (SSSR count). The molecule has 4 aromatic rings. The van der Waals surface area contributed by atoms with Gasteiger partial charge in [0.2, 0.25) is 0 Å². The molecule has 2 heterocycles. The van der Waals surface area contributed by atoms with Crippen molar-refractivity contribution >= 4 is 34.3 Å². The Morgan fingerprint density at radius 2 is 1.75 bits per heavy atom. The van der Waals surface area contributed by atoms with Crippen LogP contribution in [0.15, 0.2) is 60.8 Å². The summed E-state index contributed by atoms with van der Waals surface area (Å²) in [5, 5.41) is 22.8. The highest BCUT2D eigenvalue weighted by Gasteiger charge is 2.13. The Morgan fingerprint density at radius 1 is 0.969 bits per heavy atom. The van der Waals surface area contributed by atoms with Gasteiger partial charge < -0.3 is 11.1 Å². The molecular weight excluding hydrogens is 396 g/mol. The molecule has 0 radical (unpaired) electrons. The van der Waals surface area contributed by atoms with Gasteiger partial charge in [0.1, 0.15) is 23.5 Å². The summed E-state index contributed by atoms with van der Waals surface area (Å²) in [6.45, 7) is 4.13. The van der Waals surface area contributed by atoms with Crippen LogP contribution in [-0.2, 0) is 0 Å². The number of benzene rings is 2. The van der Waals surface area contributed by atoms with Crippen molar-refractivity contribution in [1.29, 1.82) is 10.5 Å². The molecular formula is C26H20N6. The highest BCUT2D eigenvalue weighted by Crippen LogP contribution is 2.37. The molecule has 0 saturated carbocycles. The molecule has 3 N–H and O–H groups in total. The highest BCUT2D eigenvalue weighted by molar-refractivity contribution is 6.03. The number of pyridine rings is 2. The van der Waals surface area contributed by atoms with Gasteiger partial charge in [0, 0.05) is 17.7 Å². The van der Waals surface area contributed by atoms with Gasteiger partial charge in [0.15, 0.2) is 0 Å². The second-order valence-electron chi connectivity index (χ2n) is 7.45. The third-order valence-corrected chi connectivity index (χ3v) is 5.23. The van der Waals surface area contributed by atoms with E-state index in [1.807, 2.05) is 24.3 Å². The van der Waals surface area contributed by atoms with Crippen molar-refractivity contribution in [3.8, 4) is 23.3 Å². The lowest BCUT2D eigenvalue weighted by atomic mass is 9.90. The largest absolute Gasteiger partial charge is 0.383 e. The first-order valence-electron chi connectivity index (χ1n) is 10.0. The van der Waals surface area contributed by atoms with Gasteiger partial charge in [-0.1, -0.05) is 30.3 Å². The van der Waals surface area contributed by atoms with E-state index >= 15 is 0 Å². The van der Waals surface area contributed by atoms with Crippen LogP contribution in [0.5, 0.6) is 0 Å². The van der Waals surface area contributed by atoms with E-state index in [0.717, 1.165) is 38.6 Å². The minimum Gasteiger partial charge on any atom is -0.383 e. The van der Waals surface area contributed by atoms with Crippen molar-refractivity contribution in [2.45, 2.75) is 13.8 Å². The van der Waals surface area contributed by atoms with Crippen molar-refractivity contribution in [3.63, 3.8) is 0 Å². The standard InChI is InChI=1S/C26H20N6/c1-16-11-18(5-4-10-27)12-17(2)25(16)20-6-3-7-21-22(20)13-24(32-26(21)29)31-23-9-8-19(14-28)15-30-23/h3-9,11-13,15H,1-2H3,(H3,29,30,31,32)/b5-4+. The number of anilines is 3. The second-order valence-corrected chi connectivity index (χ2v) is 7.45. The quantitative estimate of drug-likeness (QED) is 0.416. The monoisotopic (exact) mass is 416 g/mol. The minimum absolute atomic E-state index is 0.421. The van der Waals surface area contributed by atoms with Crippen molar-refractivity contribution in [2.75, 3.05) is 11.1 Å². The molecule has 0 spiro atoms. The molecule has 0 unspecified atom stereocenters. The summed E-state index contributed by atoms with van der Waals surface area (Å²) < 4.78 is 0. The lowest BCUT2D eigenvalue weighted by Gasteiger charge is -2.16. The maximum absolute atomic E-state index is 8.96. The molecule has 32 heavy (non-hydrogen) atoms. The Bertz CT molecular complexity index is 1410. The number of rotatable bonds is 4. The number of aromatic nitrogens is 2. The summed E-state index contributed by atoms with van der Waals surface area (Å²) in [6.07, 6.45) is 4.79. The van der Waals surface area contributed by atoms with Gasteiger partial charge in [-0.25, -0.2) is 9.97 Å². The van der Waals surface area contributed by atoms with Gasteiger partial charge in [-0.3, -0.25) is 0 Å². The second kappa shape index (κ2) is 8.59. The van der Waals surface area contributed by atoms with E-state index in [4.69, 9.17) is 16.3 Å². The molecule has 6 heteroatoms. The molecule has 0 atom stereocenters. The average Bonchev–Trinajstić information content (AvgIpc) is 2.78. The summed E-state index contributed by atoms with van der Waals surface area (Å²) in [4.78, 5) is 8.74. The fourth-order valence-corrected chi connectivity index (χ4v) is 3.90. The maximum Gasteiger partial charge on any atom is 0.134 e. The number of nitrogens with two attached hydrogens (primary N) is 1. The van der Waals surface area contributed by atoms with Gasteiger partial charge in [-0.15, -0.1) is 0 Å². The topological polar surface area (TPSA) is 111 Å². The molecule has 0 aliphatic rings. The Labute approximate surface area is 186 Å². The number of fused-ring (bicyclic) bond motifs is 1. The van der Waals surface area contributed by atoms with Crippen molar-refractivity contribution < 1.29 is 0 Å². The highest BCUT2D eigenvalue weighted by atomic mass is 15.1. The van der Waals surface area contributed by atoms with E-state index < -0.39 is 0 Å². The van der Waals surface area contributed by atoms with E-state index in [1.165, 1.54) is 12.3 Å². The first-order valence-corrected chi connectivity index (χ1v) is 10.0. The van der Waals surface area contributed by atoms with Crippen LogP contribution < -0.4 is 11.1 Å². The lowest BCUT2D eigenvalue weighted by molar-refractivity contribution is 1.25. The normalized spacial score (nSPS) is 10.8. The Kier molecular flexibility index (Phi) is 5.53. The van der Waals surface area contributed by atoms with Crippen LogP contribution in [0.25, 0.3) is 28.0 Å². The molecule has 0 amide bonds. The average molecular weight is 416 g/mol. The van der Waals surface area contributed by atoms with Crippen LogP contribution in [0.4, 0.5) is 17.5 Å². The smallest absolute Gasteiger partial charge is 0.134 e. The molecule has 0 aliphatic carbocycles.